The number of carbonyl (C=O) groups excluding carboxylic acids is 16. The van der Waals surface area contributed by atoms with Crippen LogP contribution < -0.4 is 58.9 Å². The van der Waals surface area contributed by atoms with Crippen molar-refractivity contribution in [3.8, 4) is 11.5 Å². The summed E-state index contributed by atoms with van der Waals surface area (Å²) >= 11 is 2.22. The molecule has 39 heteroatoms. The molecule has 6 heterocycles. The summed E-state index contributed by atoms with van der Waals surface area (Å²) in [5.74, 6) is -14.0. The van der Waals surface area contributed by atoms with Gasteiger partial charge in [0.15, 0.2) is 0 Å². The largest absolute Gasteiger partial charge is 0.508 e. The molecule has 0 saturated carbocycles. The number of amides is 16. The fourth-order valence-corrected chi connectivity index (χ4v) is 18.3. The van der Waals surface area contributed by atoms with Crippen molar-refractivity contribution in [2.45, 2.75) is 223 Å². The lowest BCUT2D eigenvalue weighted by Crippen LogP contribution is -2.61. The molecule has 7 aromatic rings. The minimum absolute atomic E-state index is 0.0391. The molecule has 3 aliphatic rings. The third-order valence-electron chi connectivity index (χ3n) is 23.9. The monoisotopic (exact) mass is 1840 g/mol. The van der Waals surface area contributed by atoms with Crippen LogP contribution in [0.2, 0.25) is 0 Å². The van der Waals surface area contributed by atoms with E-state index in [-0.39, 0.29) is 100 Å². The lowest BCUT2D eigenvalue weighted by Gasteiger charge is -2.36. The van der Waals surface area contributed by atoms with Gasteiger partial charge in [0.25, 0.3) is 0 Å². The number of phenols is 2. The predicted molar refractivity (Wildman–Crippen MR) is 490 cm³/mol. The Morgan fingerprint density at radius 3 is 1.69 bits per heavy atom. The van der Waals surface area contributed by atoms with Crippen molar-refractivity contribution in [1.29, 1.82) is 0 Å². The first kappa shape index (κ1) is 100. The summed E-state index contributed by atoms with van der Waals surface area (Å²) in [5, 5.41) is 51.4. The molecule has 131 heavy (non-hydrogen) atoms. The number of imidazole rings is 1. The Bertz CT molecular complexity index is 5220. The number of unbranched alkanes of at least 4 members (excludes halogenated alkanes) is 2. The van der Waals surface area contributed by atoms with Crippen molar-refractivity contribution >= 4 is 139 Å². The number of thiophene rings is 1. The van der Waals surface area contributed by atoms with Crippen LogP contribution in [0.5, 0.6) is 11.5 Å². The molecule has 4 aromatic carbocycles. The first-order chi connectivity index (χ1) is 62.6. The van der Waals surface area contributed by atoms with E-state index in [9.17, 15) is 53.4 Å². The zero-order valence-corrected chi connectivity index (χ0v) is 76.8. The molecule has 3 aromatic heterocycles. The summed E-state index contributed by atoms with van der Waals surface area (Å²) in [6, 6.07) is 8.43. The van der Waals surface area contributed by atoms with Crippen LogP contribution in [0.4, 0.5) is 0 Å². The number of aromatic nitrogens is 3. The van der Waals surface area contributed by atoms with E-state index >= 15 is 33.6 Å². The van der Waals surface area contributed by atoms with Gasteiger partial charge in [-0.1, -0.05) is 114 Å². The van der Waals surface area contributed by atoms with Crippen molar-refractivity contribution in [3.63, 3.8) is 0 Å². The van der Waals surface area contributed by atoms with Crippen molar-refractivity contribution in [3.05, 3.63) is 149 Å². The number of nitrogens with two attached hydrogens (primary N) is 1. The molecule has 16 N–H and O–H groups in total. The Morgan fingerprint density at radius 1 is 0.542 bits per heavy atom. The highest BCUT2D eigenvalue weighted by molar-refractivity contribution is 8.00. The lowest BCUT2D eigenvalue weighted by atomic mass is 9.99. The number of H-pyrrole nitrogens is 2. The van der Waals surface area contributed by atoms with Crippen LogP contribution in [0.3, 0.4) is 0 Å². The molecule has 3 fully saturated rings. The Balaban J connectivity index is 1.00. The molecule has 10 rings (SSSR count). The number of benzene rings is 4. The highest BCUT2D eigenvalue weighted by atomic mass is 32.2. The number of nitrogens with one attached hydrogen (secondary N) is 12. The van der Waals surface area contributed by atoms with Crippen LogP contribution in [0.1, 0.15) is 140 Å². The van der Waals surface area contributed by atoms with Crippen LogP contribution in [0, 0.1) is 5.92 Å². The van der Waals surface area contributed by atoms with Crippen molar-refractivity contribution in [2.75, 3.05) is 58.8 Å². The molecule has 3 aliphatic heterocycles. The van der Waals surface area contributed by atoms with Gasteiger partial charge in [-0.15, -0.1) is 23.1 Å². The minimum Gasteiger partial charge on any atom is -0.508 e. The molecule has 704 valence electrons. The molecule has 13 atom stereocenters. The van der Waals surface area contributed by atoms with E-state index in [1.165, 1.54) is 115 Å². The second kappa shape index (κ2) is 47.6. The fraction of sp³-hybridized carbons (Fsp3) is 0.489. The van der Waals surface area contributed by atoms with E-state index in [2.05, 4.69) is 68.1 Å². The molecule has 0 spiro atoms. The SMILES string of the molecule is CCCC[C@H]1C(=O)N(C)[C@@H](CCCC)C(=O)N[C@@H](C)C(=O)N[C@H](C(=O)NCC(N)=O)CSCC(=O)N[C@@H](Cc2ccc(O)cc2)C(=O)N(C)[C@@H](C)C(=O)NCC(=O)N2CCC[C@H]2C(=O)N[C@@H](Cc2cnc[nH]2)C(=O)N[C@@H](CC(C)C)C(=O)N2CCC[C@H]2C(=O)N[C@@H](Cc2c[nH]c3ccccc23)C(=O)N[C@@H](Cc2ccc(O)cc2)C(=O)N[C@@H](Cc2csc3ccccc23)C(=O)N1C. The van der Waals surface area contributed by atoms with Gasteiger partial charge in [-0.05, 0) is 134 Å². The number of phenolic OH excluding ortho intramolecular Hbond substituents is 2. The van der Waals surface area contributed by atoms with Gasteiger partial charge in [0, 0.05) is 106 Å². The lowest BCUT2D eigenvalue weighted by molar-refractivity contribution is -0.149. The Hall–Kier alpha value is -12.9. The van der Waals surface area contributed by atoms with Crippen molar-refractivity contribution < 1.29 is 86.9 Å². The number of thioether (sulfide) groups is 1. The van der Waals surface area contributed by atoms with Gasteiger partial charge >= 0.3 is 0 Å². The average Bonchev–Trinajstić information content (AvgIpc) is 0.917. The van der Waals surface area contributed by atoms with Gasteiger partial charge in [-0.25, -0.2) is 4.98 Å². The van der Waals surface area contributed by atoms with E-state index in [1.54, 1.807) is 24.4 Å². The number of aromatic hydroxyl groups is 2. The Morgan fingerprint density at radius 2 is 1.08 bits per heavy atom. The minimum atomic E-state index is -1.56. The van der Waals surface area contributed by atoms with Crippen LogP contribution in [0.25, 0.3) is 21.0 Å². The quantitative estimate of drug-likeness (QED) is 0.0491. The molecule has 37 nitrogen and oxygen atoms in total. The maximum atomic E-state index is 16.0. The Kier molecular flexibility index (Phi) is 36.4. The molecule has 0 unspecified atom stereocenters. The molecular weight excluding hydrogens is 1720 g/mol. The third kappa shape index (κ3) is 27.3. The highest BCUT2D eigenvalue weighted by Crippen LogP contribution is 2.30. The third-order valence-corrected chi connectivity index (χ3v) is 26.0. The van der Waals surface area contributed by atoms with Gasteiger partial charge in [0.2, 0.25) is 94.5 Å². The van der Waals surface area contributed by atoms with Gasteiger partial charge < -0.3 is 104 Å². The smallest absolute Gasteiger partial charge is 0.245 e. The van der Waals surface area contributed by atoms with E-state index in [4.69, 9.17) is 5.73 Å². The topological polar surface area (TPSA) is 521 Å². The summed E-state index contributed by atoms with van der Waals surface area (Å²) in [5.41, 5.74) is 8.64. The van der Waals surface area contributed by atoms with Crippen LogP contribution >= 0.6 is 23.1 Å². The number of para-hydroxylation sites is 1. The van der Waals surface area contributed by atoms with Crippen LogP contribution in [-0.2, 0) is 109 Å². The second-order valence-corrected chi connectivity index (χ2v) is 36.0. The zero-order valence-electron chi connectivity index (χ0n) is 75.2. The highest BCUT2D eigenvalue weighted by Gasteiger charge is 2.45. The number of carbonyl (C=O) groups is 16. The summed E-state index contributed by atoms with van der Waals surface area (Å²) < 4.78 is 0.859. The van der Waals surface area contributed by atoms with Gasteiger partial charge in [0.05, 0.1) is 25.2 Å². The summed E-state index contributed by atoms with van der Waals surface area (Å²) in [7, 11) is 4.12. The van der Waals surface area contributed by atoms with Crippen LogP contribution in [-0.4, -0.2) is 282 Å². The molecule has 0 radical (unpaired) electrons. The second-order valence-electron chi connectivity index (χ2n) is 34.1. The fourth-order valence-electron chi connectivity index (χ4n) is 16.4. The molecular formula is C92H121N19O18S2. The van der Waals surface area contributed by atoms with E-state index < -0.39 is 192 Å². The number of aromatic amines is 2. The summed E-state index contributed by atoms with van der Waals surface area (Å²) in [6.07, 6.45) is 6.46. The molecule has 0 aliphatic carbocycles. The molecule has 16 amide bonds. The normalized spacial score (nSPS) is 24.1. The standard InChI is InChI=1S/C92H121N19O18S2/c1-10-12-23-72-86(123)99-53(5)80(117)106-71(82(119)96-46-77(93)114)49-130-50-78(115)100-69(40-56-30-34-61(113)35-31-56)89(126)107(7)54(6)81(118)97-47-79(116)110-36-18-25-73(110)87(124)103-67(43-59-45-94-51-98-59)85(122)104-68(38-52(3)4)91(128)111-37-19-26-74(111)88(125)102-66(41-57-44-95-64-22-16-14-20-62(57)64)84(121)101-65(39-55-28-32-60(112)33-29-55)83(120)105-70(42-58-48-131-76-27-17-15-21-63(58)76)90(127)109(9)75(24-13-11-2)92(129)108(72)8/h14-17,20-22,27-35,44-45,48,51-54,65-75,95,112-113H,10-13,18-19,23-26,36-43,46-47,49-50H2,1-9H3,(H2,93,114)(H,94,98)(H,96,119)(H,97,118)(H,99,123)(H,100,115)(H,101,121)(H,102,125)(H,103,124)(H,104,122)(H,105,120)(H,106,117)/t53-,54-,65-,66-,67-,68-,69-,70-,71-,72-,73-,74-,75-/m0/s1. The number of hydrogen-bond donors (Lipinski definition) is 15. The first-order valence-corrected chi connectivity index (χ1v) is 46.4. The maximum absolute atomic E-state index is 16.0. The van der Waals surface area contributed by atoms with Gasteiger partial charge in [-0.3, -0.25) is 76.7 Å². The number of primary amides is 1. The van der Waals surface area contributed by atoms with E-state index in [0.717, 1.165) is 26.7 Å². The number of hydrogen-bond acceptors (Lipinski definition) is 21. The summed E-state index contributed by atoms with van der Waals surface area (Å²) in [6.45, 7) is 8.91. The van der Waals surface area contributed by atoms with Crippen molar-refractivity contribution in [1.82, 2.24) is 92.6 Å². The number of rotatable bonds is 21. The maximum Gasteiger partial charge on any atom is 0.245 e. The number of likely N-dealkylation sites (N-methyl/N-ethyl adjacent to an activating group) is 3. The number of nitrogens with zero attached hydrogens (tertiary/aromatic N) is 6. The first-order valence-electron chi connectivity index (χ1n) is 44.4. The molecule has 0 bridgehead atoms. The van der Waals surface area contributed by atoms with Gasteiger partial charge in [-0.2, -0.15) is 0 Å². The summed E-state index contributed by atoms with van der Waals surface area (Å²) in [4.78, 5) is 252. The predicted octanol–water partition coefficient (Wildman–Crippen LogP) is 2.30. The Labute approximate surface area is 767 Å². The molecule has 3 saturated heterocycles. The van der Waals surface area contributed by atoms with Gasteiger partial charge in [0.1, 0.15) is 90.0 Å². The van der Waals surface area contributed by atoms with E-state index in [0.29, 0.717) is 77.4 Å². The van der Waals surface area contributed by atoms with Crippen molar-refractivity contribution in [2.24, 2.45) is 11.7 Å². The van der Waals surface area contributed by atoms with E-state index in [1.807, 2.05) is 75.5 Å². The van der Waals surface area contributed by atoms with Crippen LogP contribution in [0.15, 0.2) is 121 Å². The zero-order chi connectivity index (χ0) is 94.9. The number of fused-ring (bicyclic) bond motifs is 4. The average molecular weight is 1850 g/mol.